The van der Waals surface area contributed by atoms with Crippen LogP contribution in [0, 0.1) is 11.3 Å². The van der Waals surface area contributed by atoms with E-state index in [-0.39, 0.29) is 12.8 Å². The molecular weight excluding hydrogens is 336 g/mol. The van der Waals surface area contributed by atoms with E-state index in [1.165, 1.54) is 0 Å². The molecule has 0 heterocycles. The van der Waals surface area contributed by atoms with Crippen LogP contribution >= 0.6 is 0 Å². The molecule has 9 heteroatoms. The molecule has 0 N–H and O–H groups in total. The van der Waals surface area contributed by atoms with Gasteiger partial charge in [-0.05, 0) is 18.8 Å². The lowest BCUT2D eigenvalue weighted by Crippen LogP contribution is -2.66. The van der Waals surface area contributed by atoms with Gasteiger partial charge in [-0.1, -0.05) is 20.8 Å². The van der Waals surface area contributed by atoms with Gasteiger partial charge in [0.25, 0.3) is 5.60 Å². The number of hydrogen-bond donors (Lipinski definition) is 0. The zero-order valence-corrected chi connectivity index (χ0v) is 13.0. The van der Waals surface area contributed by atoms with E-state index < -0.39 is 54.7 Å². The molecule has 0 aromatic carbocycles. The Hall–Kier alpha value is -0.600. The molecule has 0 aliphatic heterocycles. The van der Waals surface area contributed by atoms with E-state index in [9.17, 15) is 35.1 Å². The SMILES string of the molecule is CC(C)(C)C(OCC1CCC(F)(F)CC1)(C(F)(F)F)C(F)(F)F. The highest BCUT2D eigenvalue weighted by atomic mass is 19.4. The Kier molecular flexibility index (Phi) is 5.37. The molecule has 1 saturated carbocycles. The van der Waals surface area contributed by atoms with Crippen molar-refractivity contribution in [1.82, 2.24) is 0 Å². The summed E-state index contributed by atoms with van der Waals surface area (Å²) in [5.74, 6) is -3.66. The van der Waals surface area contributed by atoms with Crippen molar-refractivity contribution in [3.8, 4) is 0 Å². The Bertz CT molecular complexity index is 358. The summed E-state index contributed by atoms with van der Waals surface area (Å²) in [6.07, 6.45) is -12.8. The normalized spacial score (nSPS) is 21.5. The van der Waals surface area contributed by atoms with Crippen LogP contribution < -0.4 is 0 Å². The smallest absolute Gasteiger partial charge is 0.357 e. The van der Waals surface area contributed by atoms with Crippen molar-refractivity contribution in [1.29, 1.82) is 0 Å². The number of hydrogen-bond acceptors (Lipinski definition) is 1. The van der Waals surface area contributed by atoms with Crippen LogP contribution in [0.3, 0.4) is 0 Å². The molecule has 1 aliphatic carbocycles. The van der Waals surface area contributed by atoms with Crippen molar-refractivity contribution in [2.24, 2.45) is 11.3 Å². The van der Waals surface area contributed by atoms with Crippen molar-refractivity contribution in [3.05, 3.63) is 0 Å². The Labute approximate surface area is 129 Å². The maximum Gasteiger partial charge on any atom is 0.427 e. The van der Waals surface area contributed by atoms with Crippen molar-refractivity contribution in [3.63, 3.8) is 0 Å². The van der Waals surface area contributed by atoms with E-state index in [0.717, 1.165) is 20.8 Å². The van der Waals surface area contributed by atoms with Gasteiger partial charge in [-0.3, -0.25) is 0 Å². The average Bonchev–Trinajstić information content (AvgIpc) is 2.26. The number of ether oxygens (including phenoxy) is 1. The minimum Gasteiger partial charge on any atom is -0.357 e. The van der Waals surface area contributed by atoms with Gasteiger partial charge in [0.15, 0.2) is 0 Å². The Morgan fingerprint density at radius 1 is 0.870 bits per heavy atom. The van der Waals surface area contributed by atoms with E-state index in [2.05, 4.69) is 4.74 Å². The first kappa shape index (κ1) is 20.4. The second-order valence-corrected chi connectivity index (χ2v) is 7.04. The van der Waals surface area contributed by atoms with Gasteiger partial charge in [0.2, 0.25) is 5.92 Å². The lowest BCUT2D eigenvalue weighted by Gasteiger charge is -2.46. The molecular formula is C14H20F8O. The van der Waals surface area contributed by atoms with Crippen molar-refractivity contribution >= 4 is 0 Å². The zero-order chi connectivity index (χ0) is 18.3. The fraction of sp³-hybridized carbons (Fsp3) is 1.00. The van der Waals surface area contributed by atoms with Gasteiger partial charge in [-0.25, -0.2) is 8.78 Å². The van der Waals surface area contributed by atoms with Gasteiger partial charge >= 0.3 is 12.4 Å². The molecule has 0 radical (unpaired) electrons. The predicted molar refractivity (Wildman–Crippen MR) is 67.2 cm³/mol. The fourth-order valence-corrected chi connectivity index (χ4v) is 2.90. The van der Waals surface area contributed by atoms with Crippen LogP contribution in [0.1, 0.15) is 46.5 Å². The molecule has 0 aromatic rings. The van der Waals surface area contributed by atoms with E-state index in [1.54, 1.807) is 0 Å². The fourth-order valence-electron chi connectivity index (χ4n) is 2.90. The molecule has 1 nitrogen and oxygen atoms in total. The first-order valence-electron chi connectivity index (χ1n) is 7.19. The molecule has 0 atom stereocenters. The Morgan fingerprint density at radius 2 is 1.26 bits per heavy atom. The van der Waals surface area contributed by atoms with Gasteiger partial charge in [0, 0.05) is 18.3 Å². The monoisotopic (exact) mass is 356 g/mol. The molecule has 1 rings (SSSR count). The minimum atomic E-state index is -5.68. The molecule has 0 spiro atoms. The van der Waals surface area contributed by atoms with Gasteiger partial charge in [-0.15, -0.1) is 0 Å². The third-order valence-electron chi connectivity index (χ3n) is 4.23. The summed E-state index contributed by atoms with van der Waals surface area (Å²) >= 11 is 0. The predicted octanol–water partition coefficient (Wildman–Crippen LogP) is 5.74. The van der Waals surface area contributed by atoms with Crippen LogP contribution in [0.25, 0.3) is 0 Å². The molecule has 0 amide bonds. The summed E-state index contributed by atoms with van der Waals surface area (Å²) in [5.41, 5.74) is -6.64. The summed E-state index contributed by atoms with van der Waals surface area (Å²) in [6.45, 7) is 1.53. The van der Waals surface area contributed by atoms with E-state index in [4.69, 9.17) is 0 Å². The van der Waals surface area contributed by atoms with Crippen LogP contribution in [0.15, 0.2) is 0 Å². The first-order valence-corrected chi connectivity index (χ1v) is 7.19. The van der Waals surface area contributed by atoms with Gasteiger partial charge in [0.1, 0.15) is 0 Å². The number of alkyl halides is 8. The lowest BCUT2D eigenvalue weighted by atomic mass is 9.74. The largest absolute Gasteiger partial charge is 0.427 e. The van der Waals surface area contributed by atoms with Crippen LogP contribution in [0.2, 0.25) is 0 Å². The summed E-state index contributed by atoms with van der Waals surface area (Å²) in [7, 11) is 0. The highest BCUT2D eigenvalue weighted by molar-refractivity contribution is 5.04. The highest BCUT2D eigenvalue weighted by Gasteiger charge is 2.77. The molecule has 1 fully saturated rings. The summed E-state index contributed by atoms with van der Waals surface area (Å²) in [4.78, 5) is 0. The third-order valence-corrected chi connectivity index (χ3v) is 4.23. The summed E-state index contributed by atoms with van der Waals surface area (Å²) < 4.78 is 110. The summed E-state index contributed by atoms with van der Waals surface area (Å²) in [5, 5.41) is 0. The van der Waals surface area contributed by atoms with Crippen molar-refractivity contribution < 1.29 is 39.9 Å². The molecule has 23 heavy (non-hydrogen) atoms. The van der Waals surface area contributed by atoms with E-state index >= 15 is 0 Å². The topological polar surface area (TPSA) is 9.23 Å². The summed E-state index contributed by atoms with van der Waals surface area (Å²) in [6, 6.07) is 0. The van der Waals surface area contributed by atoms with E-state index in [0.29, 0.717) is 0 Å². The minimum absolute atomic E-state index is 0.164. The molecule has 0 bridgehead atoms. The molecule has 0 aromatic heterocycles. The van der Waals surface area contributed by atoms with Gasteiger partial charge in [0.05, 0.1) is 6.61 Å². The van der Waals surface area contributed by atoms with Crippen LogP contribution in [0.5, 0.6) is 0 Å². The highest BCUT2D eigenvalue weighted by Crippen LogP contribution is 2.55. The quantitative estimate of drug-likeness (QED) is 0.586. The van der Waals surface area contributed by atoms with Gasteiger partial charge < -0.3 is 4.74 Å². The average molecular weight is 356 g/mol. The zero-order valence-electron chi connectivity index (χ0n) is 13.0. The number of rotatable bonds is 3. The Morgan fingerprint density at radius 3 is 1.57 bits per heavy atom. The molecule has 0 saturated heterocycles. The number of halogens is 8. The molecule has 138 valence electrons. The standard InChI is InChI=1S/C14H20F8O/c1-10(2,3)12(13(17,18)19,14(20,21)22)23-8-9-4-6-11(15,16)7-5-9/h9H,4-8H2,1-3H3. The maximum atomic E-state index is 13.3. The van der Waals surface area contributed by atoms with Crippen LogP contribution in [-0.4, -0.2) is 30.5 Å². The van der Waals surface area contributed by atoms with Crippen LogP contribution in [-0.2, 0) is 4.74 Å². The Balaban J connectivity index is 3.00. The van der Waals surface area contributed by atoms with E-state index in [1.807, 2.05) is 0 Å². The third kappa shape index (κ3) is 4.09. The second-order valence-electron chi connectivity index (χ2n) is 7.04. The first-order chi connectivity index (χ1) is 10.0. The second kappa shape index (κ2) is 6.04. The lowest BCUT2D eigenvalue weighted by molar-refractivity contribution is -0.412. The van der Waals surface area contributed by atoms with Crippen LogP contribution in [0.4, 0.5) is 35.1 Å². The van der Waals surface area contributed by atoms with Crippen molar-refractivity contribution in [2.75, 3.05) is 6.61 Å². The molecule has 1 aliphatic rings. The maximum absolute atomic E-state index is 13.3. The van der Waals surface area contributed by atoms with Crippen molar-refractivity contribution in [2.45, 2.75) is 70.3 Å². The van der Waals surface area contributed by atoms with Gasteiger partial charge in [-0.2, -0.15) is 26.3 Å². The molecule has 0 unspecified atom stereocenters.